The van der Waals surface area contributed by atoms with Gasteiger partial charge in [-0.3, -0.25) is 11.3 Å². The first-order valence-electron chi connectivity index (χ1n) is 3.11. The van der Waals surface area contributed by atoms with Gasteiger partial charge < -0.3 is 0 Å². The van der Waals surface area contributed by atoms with E-state index < -0.39 is 0 Å². The van der Waals surface area contributed by atoms with Gasteiger partial charge in [-0.25, -0.2) is 0 Å². The predicted molar refractivity (Wildman–Crippen MR) is 64.7 cm³/mol. The van der Waals surface area contributed by atoms with E-state index in [2.05, 4.69) is 21.4 Å². The Hall–Kier alpha value is 0.490. The van der Waals surface area contributed by atoms with Crippen LogP contribution in [0.2, 0.25) is 5.02 Å². The van der Waals surface area contributed by atoms with Gasteiger partial charge in [0.1, 0.15) is 0 Å². The smallest absolute Gasteiger partial charge is 0.0410 e. The van der Waals surface area contributed by atoms with Crippen LogP contribution in [-0.4, -0.2) is 0 Å². The van der Waals surface area contributed by atoms with Crippen LogP contribution in [0.3, 0.4) is 0 Å². The Morgan fingerprint density at radius 2 is 2.00 bits per heavy atom. The molecule has 1 aromatic carbocycles. The van der Waals surface area contributed by atoms with Crippen molar-refractivity contribution < 1.29 is 0 Å². The summed E-state index contributed by atoms with van der Waals surface area (Å²) in [6, 6.07) is 5.59. The van der Waals surface area contributed by atoms with E-state index in [1.54, 1.807) is 0 Å². The minimum atomic E-state index is 0. The summed E-state index contributed by atoms with van der Waals surface area (Å²) < 4.78 is 1.01. The predicted octanol–water partition coefficient (Wildman–Crippen LogP) is 2.91. The second kappa shape index (κ2) is 7.85. The molecule has 6 heteroatoms. The standard InChI is InChI=1S/C7H8BrClN2.2ClH/c8-7-2-1-6(9)3-5(7)4-11-10;;/h1-3,11H,4,10H2;2*1H. The number of nitrogens with two attached hydrogens (primary N) is 1. The van der Waals surface area contributed by atoms with Gasteiger partial charge in [-0.15, -0.1) is 24.8 Å². The summed E-state index contributed by atoms with van der Waals surface area (Å²) >= 11 is 9.14. The first-order valence-corrected chi connectivity index (χ1v) is 4.28. The van der Waals surface area contributed by atoms with Crippen molar-refractivity contribution in [3.05, 3.63) is 33.3 Å². The van der Waals surface area contributed by atoms with Crippen molar-refractivity contribution in [2.75, 3.05) is 0 Å². The number of halogens is 4. The third kappa shape index (κ3) is 5.05. The van der Waals surface area contributed by atoms with Crippen LogP contribution in [0, 0.1) is 0 Å². The lowest BCUT2D eigenvalue weighted by molar-refractivity contribution is 0.739. The highest BCUT2D eigenvalue weighted by Crippen LogP contribution is 2.20. The first-order chi connectivity index (χ1) is 5.24. The molecular weight excluding hydrogens is 298 g/mol. The van der Waals surface area contributed by atoms with Crippen molar-refractivity contribution in [2.24, 2.45) is 5.84 Å². The quantitative estimate of drug-likeness (QED) is 0.651. The topological polar surface area (TPSA) is 38.0 Å². The Balaban J connectivity index is 0. The summed E-state index contributed by atoms with van der Waals surface area (Å²) in [7, 11) is 0. The summed E-state index contributed by atoms with van der Waals surface area (Å²) in [4.78, 5) is 0. The van der Waals surface area contributed by atoms with E-state index >= 15 is 0 Å². The zero-order valence-electron chi connectivity index (χ0n) is 6.59. The fourth-order valence-corrected chi connectivity index (χ4v) is 1.37. The molecule has 0 aliphatic carbocycles. The van der Waals surface area contributed by atoms with Gasteiger partial charge in [0.15, 0.2) is 0 Å². The van der Waals surface area contributed by atoms with Crippen molar-refractivity contribution in [1.82, 2.24) is 5.43 Å². The van der Waals surface area contributed by atoms with Crippen LogP contribution in [-0.2, 0) is 6.54 Å². The molecule has 0 spiro atoms. The van der Waals surface area contributed by atoms with Gasteiger partial charge in [0.25, 0.3) is 0 Å². The molecular formula is C7H10BrCl3N2. The lowest BCUT2D eigenvalue weighted by Crippen LogP contribution is -2.20. The summed E-state index contributed by atoms with van der Waals surface area (Å²) in [6.45, 7) is 0.612. The van der Waals surface area contributed by atoms with Crippen molar-refractivity contribution in [2.45, 2.75) is 6.54 Å². The minimum absolute atomic E-state index is 0. The van der Waals surface area contributed by atoms with E-state index in [0.717, 1.165) is 15.1 Å². The molecule has 1 aromatic rings. The lowest BCUT2D eigenvalue weighted by Gasteiger charge is -2.02. The zero-order valence-corrected chi connectivity index (χ0v) is 10.6. The Morgan fingerprint density at radius 3 is 2.54 bits per heavy atom. The number of rotatable bonds is 2. The van der Waals surface area contributed by atoms with Gasteiger partial charge in [0, 0.05) is 16.0 Å². The van der Waals surface area contributed by atoms with E-state index in [4.69, 9.17) is 17.4 Å². The summed E-state index contributed by atoms with van der Waals surface area (Å²) in [5.41, 5.74) is 3.62. The second-order valence-corrected chi connectivity index (χ2v) is 3.41. The molecule has 0 aliphatic rings. The summed E-state index contributed by atoms with van der Waals surface area (Å²) in [5.74, 6) is 5.17. The maximum Gasteiger partial charge on any atom is 0.0410 e. The van der Waals surface area contributed by atoms with Crippen LogP contribution in [0.15, 0.2) is 22.7 Å². The molecule has 0 atom stereocenters. The van der Waals surface area contributed by atoms with E-state index in [1.165, 1.54) is 0 Å². The normalized spacial score (nSPS) is 8.54. The molecule has 0 amide bonds. The number of nitrogens with one attached hydrogen (secondary N) is 1. The van der Waals surface area contributed by atoms with Crippen LogP contribution in [0.25, 0.3) is 0 Å². The Kier molecular flexibility index (Phi) is 9.63. The van der Waals surface area contributed by atoms with Gasteiger partial charge in [-0.2, -0.15) is 0 Å². The van der Waals surface area contributed by atoms with Gasteiger partial charge in [-0.05, 0) is 23.8 Å². The van der Waals surface area contributed by atoms with Crippen LogP contribution in [0.5, 0.6) is 0 Å². The van der Waals surface area contributed by atoms with Crippen molar-refractivity contribution in [3.63, 3.8) is 0 Å². The fourth-order valence-electron chi connectivity index (χ4n) is 0.789. The van der Waals surface area contributed by atoms with Gasteiger partial charge >= 0.3 is 0 Å². The minimum Gasteiger partial charge on any atom is -0.271 e. The number of hydrogen-bond donors (Lipinski definition) is 2. The third-order valence-electron chi connectivity index (χ3n) is 1.30. The van der Waals surface area contributed by atoms with Crippen molar-refractivity contribution in [3.8, 4) is 0 Å². The highest BCUT2D eigenvalue weighted by molar-refractivity contribution is 9.10. The first kappa shape index (κ1) is 15.9. The Labute approximate surface area is 103 Å². The van der Waals surface area contributed by atoms with Gasteiger partial charge in [0.2, 0.25) is 0 Å². The van der Waals surface area contributed by atoms with Gasteiger partial charge in [0.05, 0.1) is 0 Å². The summed E-state index contributed by atoms with van der Waals surface area (Å²) in [6.07, 6.45) is 0. The van der Waals surface area contributed by atoms with Crippen LogP contribution >= 0.6 is 52.3 Å². The van der Waals surface area contributed by atoms with E-state index in [9.17, 15) is 0 Å². The molecule has 3 N–H and O–H groups in total. The Morgan fingerprint density at radius 1 is 1.38 bits per heavy atom. The molecule has 0 saturated carbocycles. The highest BCUT2D eigenvalue weighted by atomic mass is 79.9. The monoisotopic (exact) mass is 306 g/mol. The molecule has 0 unspecified atom stereocenters. The van der Waals surface area contributed by atoms with E-state index in [-0.39, 0.29) is 24.8 Å². The van der Waals surface area contributed by atoms with Crippen LogP contribution < -0.4 is 11.3 Å². The molecule has 0 aliphatic heterocycles. The SMILES string of the molecule is Cl.Cl.NNCc1cc(Cl)ccc1Br. The van der Waals surface area contributed by atoms with E-state index in [1.807, 2.05) is 18.2 Å². The Bertz CT molecular complexity index is 257. The second-order valence-electron chi connectivity index (χ2n) is 2.12. The van der Waals surface area contributed by atoms with Gasteiger partial charge in [-0.1, -0.05) is 27.5 Å². The molecule has 13 heavy (non-hydrogen) atoms. The largest absolute Gasteiger partial charge is 0.271 e. The van der Waals surface area contributed by atoms with E-state index in [0.29, 0.717) is 6.54 Å². The number of hydrazine groups is 1. The highest BCUT2D eigenvalue weighted by Gasteiger charge is 1.98. The molecule has 0 radical (unpaired) electrons. The molecule has 1 rings (SSSR count). The maximum absolute atomic E-state index is 5.76. The average molecular weight is 308 g/mol. The number of hydrogen-bond acceptors (Lipinski definition) is 2. The zero-order chi connectivity index (χ0) is 8.27. The molecule has 76 valence electrons. The maximum atomic E-state index is 5.76. The fraction of sp³-hybridized carbons (Fsp3) is 0.143. The number of benzene rings is 1. The average Bonchev–Trinajstić information content (AvgIpc) is 1.98. The van der Waals surface area contributed by atoms with Crippen molar-refractivity contribution >= 4 is 52.3 Å². The molecule has 0 aromatic heterocycles. The molecule has 0 heterocycles. The molecule has 0 saturated heterocycles. The van der Waals surface area contributed by atoms with Crippen LogP contribution in [0.4, 0.5) is 0 Å². The van der Waals surface area contributed by atoms with Crippen molar-refractivity contribution in [1.29, 1.82) is 0 Å². The van der Waals surface area contributed by atoms with Crippen LogP contribution in [0.1, 0.15) is 5.56 Å². The summed E-state index contributed by atoms with van der Waals surface area (Å²) in [5, 5.41) is 0.721. The molecule has 0 fully saturated rings. The molecule has 2 nitrogen and oxygen atoms in total. The third-order valence-corrected chi connectivity index (χ3v) is 2.31. The molecule has 0 bridgehead atoms. The lowest BCUT2D eigenvalue weighted by atomic mass is 10.2.